The highest BCUT2D eigenvalue weighted by molar-refractivity contribution is 6.02. The molecule has 0 spiro atoms. The van der Waals surface area contributed by atoms with Crippen LogP contribution in [0.25, 0.3) is 0 Å². The highest BCUT2D eigenvalue weighted by Crippen LogP contribution is 2.19. The molecule has 0 aliphatic carbocycles. The number of carbonyl (C=O) groups excluding carboxylic acids is 1. The van der Waals surface area contributed by atoms with Gasteiger partial charge in [0.1, 0.15) is 17.3 Å². The lowest BCUT2D eigenvalue weighted by Crippen LogP contribution is -2.14. The number of hydrogen-bond donors (Lipinski definition) is 2. The fraction of sp³-hybridized carbons (Fsp3) is 0.150. The number of nitrogens with one attached hydrogen (secondary N) is 2. The van der Waals surface area contributed by atoms with E-state index in [-0.39, 0.29) is 11.6 Å². The molecule has 0 saturated heterocycles. The van der Waals surface area contributed by atoms with Crippen molar-refractivity contribution in [2.24, 2.45) is 0 Å². The first-order valence-electron chi connectivity index (χ1n) is 8.16. The molecule has 0 radical (unpaired) electrons. The number of nitrogens with zero attached hydrogens (tertiary/aromatic N) is 2. The fourth-order valence-corrected chi connectivity index (χ4v) is 2.60. The Morgan fingerprint density at radius 3 is 2.38 bits per heavy atom. The highest BCUT2D eigenvalue weighted by atomic mass is 16.5. The van der Waals surface area contributed by atoms with Gasteiger partial charge >= 0.3 is 0 Å². The molecular formula is C20H20N4O2. The summed E-state index contributed by atoms with van der Waals surface area (Å²) in [6, 6.07) is 13.3. The largest absolute Gasteiger partial charge is 0.497 e. The number of aromatic nitrogens is 2. The van der Waals surface area contributed by atoms with Gasteiger partial charge in [0.15, 0.2) is 0 Å². The van der Waals surface area contributed by atoms with Crippen molar-refractivity contribution in [3.8, 4) is 5.75 Å². The lowest BCUT2D eigenvalue weighted by atomic mass is 10.1. The van der Waals surface area contributed by atoms with Gasteiger partial charge in [-0.25, -0.2) is 9.97 Å². The lowest BCUT2D eigenvalue weighted by molar-refractivity contribution is 0.102. The molecule has 1 amide bonds. The van der Waals surface area contributed by atoms with E-state index in [0.29, 0.717) is 17.3 Å². The molecule has 0 bridgehead atoms. The molecule has 132 valence electrons. The summed E-state index contributed by atoms with van der Waals surface area (Å²) < 4.78 is 5.14. The Morgan fingerprint density at radius 2 is 1.73 bits per heavy atom. The van der Waals surface area contributed by atoms with Crippen molar-refractivity contribution >= 4 is 23.1 Å². The Balaban J connectivity index is 1.69. The molecule has 0 fully saturated rings. The molecule has 2 aromatic carbocycles. The summed E-state index contributed by atoms with van der Waals surface area (Å²) in [5, 5.41) is 5.97. The zero-order valence-electron chi connectivity index (χ0n) is 14.9. The topological polar surface area (TPSA) is 76.1 Å². The zero-order chi connectivity index (χ0) is 18.5. The number of carbonyl (C=O) groups is 1. The summed E-state index contributed by atoms with van der Waals surface area (Å²) >= 11 is 0. The Hall–Kier alpha value is -3.41. The second-order valence-electron chi connectivity index (χ2n) is 5.97. The number of amides is 1. The molecule has 26 heavy (non-hydrogen) atoms. The van der Waals surface area contributed by atoms with Crippen molar-refractivity contribution in [2.45, 2.75) is 13.8 Å². The van der Waals surface area contributed by atoms with Gasteiger partial charge < -0.3 is 15.4 Å². The Labute approximate surface area is 152 Å². The van der Waals surface area contributed by atoms with Crippen molar-refractivity contribution in [3.63, 3.8) is 0 Å². The first kappa shape index (κ1) is 17.4. The average molecular weight is 348 g/mol. The van der Waals surface area contributed by atoms with Gasteiger partial charge in [0.05, 0.1) is 19.5 Å². The third-order valence-electron chi connectivity index (χ3n) is 3.71. The third-order valence-corrected chi connectivity index (χ3v) is 3.71. The van der Waals surface area contributed by atoms with Gasteiger partial charge in [-0.15, -0.1) is 0 Å². The van der Waals surface area contributed by atoms with E-state index in [1.54, 1.807) is 25.3 Å². The normalized spacial score (nSPS) is 10.3. The van der Waals surface area contributed by atoms with E-state index in [1.165, 1.54) is 12.4 Å². The van der Waals surface area contributed by atoms with Crippen molar-refractivity contribution in [1.29, 1.82) is 0 Å². The van der Waals surface area contributed by atoms with Gasteiger partial charge in [-0.3, -0.25) is 4.79 Å². The van der Waals surface area contributed by atoms with E-state index in [9.17, 15) is 4.79 Å². The van der Waals surface area contributed by atoms with Crippen LogP contribution in [-0.2, 0) is 0 Å². The van der Waals surface area contributed by atoms with E-state index in [0.717, 1.165) is 16.8 Å². The molecular weight excluding hydrogens is 328 g/mol. The second-order valence-corrected chi connectivity index (χ2v) is 5.97. The molecule has 0 unspecified atom stereocenters. The number of ether oxygens (including phenoxy) is 1. The van der Waals surface area contributed by atoms with Gasteiger partial charge in [0, 0.05) is 17.4 Å². The van der Waals surface area contributed by atoms with Crippen LogP contribution >= 0.6 is 0 Å². The maximum atomic E-state index is 12.3. The monoisotopic (exact) mass is 348 g/mol. The highest BCUT2D eigenvalue weighted by Gasteiger charge is 2.09. The zero-order valence-corrected chi connectivity index (χ0v) is 14.9. The van der Waals surface area contributed by atoms with E-state index in [2.05, 4.69) is 26.7 Å². The number of aryl methyl sites for hydroxylation is 2. The number of benzene rings is 2. The summed E-state index contributed by atoms with van der Waals surface area (Å²) in [6.07, 6.45) is 2.98. The standard InChI is InChI=1S/C20H20N4O2/c1-13-7-14(2)9-16(8-13)23-19-12-21-18(11-22-19)20(25)24-15-5-4-6-17(10-15)26-3/h4-12H,1-3H3,(H,22,23)(H,24,25). The maximum Gasteiger partial charge on any atom is 0.275 e. The summed E-state index contributed by atoms with van der Waals surface area (Å²) in [4.78, 5) is 20.8. The summed E-state index contributed by atoms with van der Waals surface area (Å²) in [5.74, 6) is 0.915. The lowest BCUT2D eigenvalue weighted by Gasteiger charge is -2.09. The molecule has 2 N–H and O–H groups in total. The van der Waals surface area contributed by atoms with Crippen LogP contribution < -0.4 is 15.4 Å². The minimum Gasteiger partial charge on any atom is -0.497 e. The van der Waals surface area contributed by atoms with Gasteiger partial charge in [-0.2, -0.15) is 0 Å². The number of hydrogen-bond acceptors (Lipinski definition) is 5. The van der Waals surface area contributed by atoms with Crippen molar-refractivity contribution in [1.82, 2.24) is 9.97 Å². The quantitative estimate of drug-likeness (QED) is 0.726. The molecule has 3 aromatic rings. The Kier molecular flexibility index (Phi) is 5.12. The molecule has 0 aliphatic heterocycles. The average Bonchev–Trinajstić information content (AvgIpc) is 2.61. The van der Waals surface area contributed by atoms with E-state index < -0.39 is 0 Å². The van der Waals surface area contributed by atoms with Crippen LogP contribution in [0.3, 0.4) is 0 Å². The molecule has 3 rings (SSSR count). The predicted molar refractivity (Wildman–Crippen MR) is 102 cm³/mol. The minimum atomic E-state index is -0.330. The van der Waals surface area contributed by atoms with Crippen LogP contribution in [0.15, 0.2) is 54.9 Å². The first-order chi connectivity index (χ1) is 12.5. The number of methoxy groups -OCH3 is 1. The smallest absolute Gasteiger partial charge is 0.275 e. The molecule has 1 heterocycles. The van der Waals surface area contributed by atoms with Crippen molar-refractivity contribution in [2.75, 3.05) is 17.7 Å². The van der Waals surface area contributed by atoms with Crippen LogP contribution in [0.2, 0.25) is 0 Å². The summed E-state index contributed by atoms with van der Waals surface area (Å²) in [7, 11) is 1.58. The molecule has 6 nitrogen and oxygen atoms in total. The van der Waals surface area contributed by atoms with Crippen molar-refractivity contribution < 1.29 is 9.53 Å². The van der Waals surface area contributed by atoms with Crippen LogP contribution in [0.5, 0.6) is 5.75 Å². The minimum absolute atomic E-state index is 0.235. The molecule has 1 aromatic heterocycles. The van der Waals surface area contributed by atoms with Gasteiger partial charge in [0.2, 0.25) is 0 Å². The van der Waals surface area contributed by atoms with Gasteiger partial charge in [-0.1, -0.05) is 12.1 Å². The van der Waals surface area contributed by atoms with Crippen LogP contribution in [0.4, 0.5) is 17.2 Å². The summed E-state index contributed by atoms with van der Waals surface area (Å²) in [5.41, 5.74) is 4.13. The molecule has 0 saturated carbocycles. The SMILES string of the molecule is COc1cccc(NC(=O)c2cnc(Nc3cc(C)cc(C)c3)cn2)c1. The second kappa shape index (κ2) is 7.65. The number of rotatable bonds is 5. The predicted octanol–water partition coefficient (Wildman–Crippen LogP) is 4.10. The summed E-state index contributed by atoms with van der Waals surface area (Å²) in [6.45, 7) is 4.08. The molecule has 0 atom stereocenters. The molecule has 0 aliphatic rings. The van der Waals surface area contributed by atoms with Crippen LogP contribution in [-0.4, -0.2) is 23.0 Å². The maximum absolute atomic E-state index is 12.3. The van der Waals surface area contributed by atoms with Crippen LogP contribution in [0, 0.1) is 13.8 Å². The number of anilines is 3. The van der Waals surface area contributed by atoms with Gasteiger partial charge in [-0.05, 0) is 49.2 Å². The fourth-order valence-electron chi connectivity index (χ4n) is 2.60. The van der Waals surface area contributed by atoms with E-state index >= 15 is 0 Å². The van der Waals surface area contributed by atoms with E-state index in [4.69, 9.17) is 4.74 Å². The van der Waals surface area contributed by atoms with Crippen LogP contribution in [0.1, 0.15) is 21.6 Å². The third kappa shape index (κ3) is 4.36. The molecule has 6 heteroatoms. The Bertz CT molecular complexity index is 903. The Morgan fingerprint density at radius 1 is 0.962 bits per heavy atom. The van der Waals surface area contributed by atoms with E-state index in [1.807, 2.05) is 32.0 Å². The van der Waals surface area contributed by atoms with Gasteiger partial charge in [0.25, 0.3) is 5.91 Å². The van der Waals surface area contributed by atoms with Crippen molar-refractivity contribution in [3.05, 3.63) is 71.7 Å². The first-order valence-corrected chi connectivity index (χ1v) is 8.16.